The van der Waals surface area contributed by atoms with E-state index in [-0.39, 0.29) is 0 Å². The lowest BCUT2D eigenvalue weighted by atomic mass is 10.3. The lowest BCUT2D eigenvalue weighted by Crippen LogP contribution is -1.88. The largest absolute Gasteiger partial charge is 0.436 e. The molecule has 0 aliphatic rings. The zero-order chi connectivity index (χ0) is 9.90. The van der Waals surface area contributed by atoms with Crippen molar-refractivity contribution in [2.75, 3.05) is 12.0 Å². The minimum atomic E-state index is -2.70. The molecule has 13 heavy (non-hydrogen) atoms. The second-order valence-corrected chi connectivity index (χ2v) is 8.55. The maximum Gasteiger partial charge on any atom is 0.294 e. The lowest BCUT2D eigenvalue weighted by Gasteiger charge is -2.13. The lowest BCUT2D eigenvalue weighted by molar-refractivity contribution is 0.504. The van der Waals surface area contributed by atoms with Crippen molar-refractivity contribution in [1.29, 1.82) is 0 Å². The summed E-state index contributed by atoms with van der Waals surface area (Å²) in [5.74, 6) is 0.550. The van der Waals surface area contributed by atoms with Crippen LogP contribution in [0.5, 0.6) is 5.75 Å². The van der Waals surface area contributed by atoms with E-state index >= 15 is 0 Å². The van der Waals surface area contributed by atoms with Gasteiger partial charge in [-0.25, -0.2) is 0 Å². The first-order valence-corrected chi connectivity index (χ1v) is 7.97. The van der Waals surface area contributed by atoms with Gasteiger partial charge in [-0.15, -0.1) is 0 Å². The predicted octanol–water partition coefficient (Wildman–Crippen LogP) is 2.23. The SMILES string of the molecule is CSP(O)(=S)Oc1ccc(N)cc1. The molecule has 0 aromatic heterocycles. The Balaban J connectivity index is 2.75. The number of nitrogens with two attached hydrogens (primary N) is 1. The molecule has 0 heterocycles. The third-order valence-corrected chi connectivity index (χ3v) is 5.41. The second kappa shape index (κ2) is 4.33. The van der Waals surface area contributed by atoms with Gasteiger partial charge in [0, 0.05) is 5.69 Å². The normalized spacial score (nSPS) is 14.9. The van der Waals surface area contributed by atoms with Crippen molar-refractivity contribution in [2.24, 2.45) is 0 Å². The maximum atomic E-state index is 9.48. The van der Waals surface area contributed by atoms with Crippen molar-refractivity contribution in [2.45, 2.75) is 0 Å². The molecule has 1 atom stereocenters. The smallest absolute Gasteiger partial charge is 0.294 e. The Morgan fingerprint density at radius 2 is 2.00 bits per heavy atom. The summed E-state index contributed by atoms with van der Waals surface area (Å²) in [7, 11) is 0. The van der Waals surface area contributed by atoms with Crippen molar-refractivity contribution < 1.29 is 9.42 Å². The van der Waals surface area contributed by atoms with Gasteiger partial charge < -0.3 is 15.2 Å². The van der Waals surface area contributed by atoms with Crippen LogP contribution in [-0.2, 0) is 11.8 Å². The molecule has 0 amide bonds. The molecule has 0 spiro atoms. The molecule has 72 valence electrons. The molecule has 3 N–H and O–H groups in total. The molecule has 0 radical (unpaired) electrons. The van der Waals surface area contributed by atoms with E-state index in [1.54, 1.807) is 30.5 Å². The van der Waals surface area contributed by atoms with Gasteiger partial charge in [0.1, 0.15) is 5.75 Å². The summed E-state index contributed by atoms with van der Waals surface area (Å²) in [5.41, 5.74) is 3.44. The summed E-state index contributed by atoms with van der Waals surface area (Å²) in [6.07, 6.45) is 1.72. The van der Waals surface area contributed by atoms with E-state index < -0.39 is 5.69 Å². The van der Waals surface area contributed by atoms with Crippen LogP contribution in [0.4, 0.5) is 5.69 Å². The molecule has 3 nitrogen and oxygen atoms in total. The fourth-order valence-corrected chi connectivity index (χ4v) is 1.90. The molecule has 1 aromatic carbocycles. The van der Waals surface area contributed by atoms with Gasteiger partial charge in [-0.05, 0) is 42.3 Å². The Kier molecular flexibility index (Phi) is 3.62. The van der Waals surface area contributed by atoms with E-state index in [9.17, 15) is 4.89 Å². The van der Waals surface area contributed by atoms with Crippen molar-refractivity contribution in [1.82, 2.24) is 0 Å². The van der Waals surface area contributed by atoms with Gasteiger partial charge in [-0.2, -0.15) is 0 Å². The third-order valence-electron chi connectivity index (χ3n) is 1.33. The van der Waals surface area contributed by atoms with Crippen LogP contribution >= 0.6 is 17.1 Å². The van der Waals surface area contributed by atoms with E-state index in [1.807, 2.05) is 0 Å². The van der Waals surface area contributed by atoms with Gasteiger partial charge in [-0.1, -0.05) is 11.4 Å². The summed E-state index contributed by atoms with van der Waals surface area (Å²) in [6.45, 7) is 0. The van der Waals surface area contributed by atoms with Gasteiger partial charge in [0.15, 0.2) is 0 Å². The summed E-state index contributed by atoms with van der Waals surface area (Å²) < 4.78 is 5.19. The molecule has 0 aliphatic carbocycles. The average Bonchev–Trinajstić information content (AvgIpc) is 2.09. The predicted molar refractivity (Wildman–Crippen MR) is 61.5 cm³/mol. The molecule has 0 bridgehead atoms. The molecule has 6 heteroatoms. The standard InChI is InChI=1S/C7H10NO2PS2/c1-13-11(9,12)10-7-4-2-6(8)3-5-7/h2-5H,8H2,1H3,(H,9,12). The number of benzene rings is 1. The molecule has 1 unspecified atom stereocenters. The highest BCUT2D eigenvalue weighted by Crippen LogP contribution is 2.53. The van der Waals surface area contributed by atoms with Crippen LogP contribution in [0.3, 0.4) is 0 Å². The van der Waals surface area contributed by atoms with Crippen LogP contribution < -0.4 is 10.3 Å². The number of anilines is 1. The Hall–Kier alpha value is -0.220. The second-order valence-electron chi connectivity index (χ2n) is 2.31. The first kappa shape index (κ1) is 10.9. The highest BCUT2D eigenvalue weighted by atomic mass is 32.9. The summed E-state index contributed by atoms with van der Waals surface area (Å²) in [5, 5.41) is 0. The van der Waals surface area contributed by atoms with Crippen LogP contribution in [-0.4, -0.2) is 11.1 Å². The minimum Gasteiger partial charge on any atom is -0.436 e. The number of nitrogen functional groups attached to an aromatic ring is 1. The van der Waals surface area contributed by atoms with E-state index in [1.165, 1.54) is 0 Å². The first-order chi connectivity index (χ1) is 6.03. The Morgan fingerprint density at radius 1 is 1.46 bits per heavy atom. The van der Waals surface area contributed by atoms with Crippen LogP contribution in [0, 0.1) is 0 Å². The first-order valence-electron chi connectivity index (χ1n) is 3.47. The van der Waals surface area contributed by atoms with Crippen molar-refractivity contribution in [3.63, 3.8) is 0 Å². The molecular formula is C7H10NO2PS2. The third kappa shape index (κ3) is 3.56. The number of hydrogen-bond acceptors (Lipinski definition) is 4. The van der Waals surface area contributed by atoms with E-state index in [0.717, 1.165) is 11.4 Å². The van der Waals surface area contributed by atoms with E-state index in [2.05, 4.69) is 0 Å². The zero-order valence-electron chi connectivity index (χ0n) is 7.01. The van der Waals surface area contributed by atoms with Gasteiger partial charge >= 0.3 is 0 Å². The zero-order valence-corrected chi connectivity index (χ0v) is 9.53. The number of hydrogen-bond donors (Lipinski definition) is 2. The summed E-state index contributed by atoms with van der Waals surface area (Å²) in [4.78, 5) is 9.48. The van der Waals surface area contributed by atoms with Crippen LogP contribution in [0.2, 0.25) is 0 Å². The topological polar surface area (TPSA) is 55.5 Å². The van der Waals surface area contributed by atoms with Crippen molar-refractivity contribution in [3.05, 3.63) is 24.3 Å². The molecule has 1 aromatic rings. The molecular weight excluding hydrogens is 225 g/mol. The maximum absolute atomic E-state index is 9.48. The van der Waals surface area contributed by atoms with Gasteiger partial charge in [-0.3, -0.25) is 0 Å². The van der Waals surface area contributed by atoms with Crippen molar-refractivity contribution in [3.8, 4) is 5.75 Å². The van der Waals surface area contributed by atoms with Gasteiger partial charge in [0.25, 0.3) is 5.69 Å². The molecule has 0 saturated carbocycles. The number of rotatable bonds is 3. The van der Waals surface area contributed by atoms with Crippen LogP contribution in [0.1, 0.15) is 0 Å². The Labute approximate surface area is 86.2 Å². The minimum absolute atomic E-state index is 0.550. The van der Waals surface area contributed by atoms with E-state index in [4.69, 9.17) is 22.1 Å². The summed E-state index contributed by atoms with van der Waals surface area (Å²) >= 11 is 5.99. The highest BCUT2D eigenvalue weighted by Gasteiger charge is 2.12. The van der Waals surface area contributed by atoms with Gasteiger partial charge in [0.05, 0.1) is 0 Å². The highest BCUT2D eigenvalue weighted by molar-refractivity contribution is 8.67. The average molecular weight is 235 g/mol. The molecule has 0 aliphatic heterocycles. The Morgan fingerprint density at radius 3 is 2.46 bits per heavy atom. The Bertz CT molecular complexity index is 328. The van der Waals surface area contributed by atoms with Crippen molar-refractivity contribution >= 4 is 34.6 Å². The molecule has 0 fully saturated rings. The fraction of sp³-hybridized carbons (Fsp3) is 0.143. The molecule has 1 rings (SSSR count). The molecule has 0 saturated heterocycles. The van der Waals surface area contributed by atoms with Gasteiger partial charge in [0.2, 0.25) is 0 Å². The van der Waals surface area contributed by atoms with E-state index in [0.29, 0.717) is 11.4 Å². The van der Waals surface area contributed by atoms with Crippen LogP contribution in [0.15, 0.2) is 24.3 Å². The summed E-state index contributed by atoms with van der Waals surface area (Å²) in [6, 6.07) is 6.77. The van der Waals surface area contributed by atoms with Crippen LogP contribution in [0.25, 0.3) is 0 Å². The quantitative estimate of drug-likeness (QED) is 0.621. The monoisotopic (exact) mass is 235 g/mol. The fourth-order valence-electron chi connectivity index (χ4n) is 0.699.